The monoisotopic (exact) mass is 286 g/mol. The molecule has 0 radical (unpaired) electrons. The molecule has 1 atom stereocenters. The summed E-state index contributed by atoms with van der Waals surface area (Å²) in [6, 6.07) is 7.20. The van der Waals surface area contributed by atoms with E-state index >= 15 is 0 Å². The van der Waals surface area contributed by atoms with E-state index in [9.17, 15) is 8.42 Å². The second-order valence-corrected chi connectivity index (χ2v) is 6.82. The minimum atomic E-state index is -3.43. The summed E-state index contributed by atoms with van der Waals surface area (Å²) in [6.45, 7) is 6.04. The minimum Gasteiger partial charge on any atom is -0.495 e. The molecule has 0 spiro atoms. The lowest BCUT2D eigenvalue weighted by molar-refractivity contribution is 0.417. The van der Waals surface area contributed by atoms with Crippen molar-refractivity contribution in [1.29, 1.82) is 0 Å². The fourth-order valence-electron chi connectivity index (χ4n) is 1.49. The zero-order valence-electron chi connectivity index (χ0n) is 11.8. The first-order valence-electron chi connectivity index (χ1n) is 6.25. The summed E-state index contributed by atoms with van der Waals surface area (Å²) in [5.74, 6) is 0.509. The number of sulfonamides is 1. The molecular weight excluding hydrogens is 264 g/mol. The van der Waals surface area contributed by atoms with Gasteiger partial charge in [-0.1, -0.05) is 26.0 Å². The third-order valence-electron chi connectivity index (χ3n) is 2.70. The maximum atomic E-state index is 12.2. The lowest BCUT2D eigenvalue weighted by Gasteiger charge is -2.18. The molecule has 0 fully saturated rings. The maximum absolute atomic E-state index is 12.2. The van der Waals surface area contributed by atoms with Crippen LogP contribution >= 0.6 is 0 Å². The molecule has 0 aliphatic carbocycles. The zero-order chi connectivity index (χ0) is 14.5. The number of methoxy groups -OCH3 is 1. The van der Waals surface area contributed by atoms with Gasteiger partial charge >= 0.3 is 0 Å². The van der Waals surface area contributed by atoms with Gasteiger partial charge in [0, 0.05) is 12.6 Å². The smallest absolute Gasteiger partial charge is 0.236 e. The standard InChI is InChI=1S/C13H22N2O3S/c1-10(2)14-9-11(3)19(16,17)15-12-7-5-6-8-13(12)18-4/h5-8,10-11,14-15H,9H2,1-4H3. The highest BCUT2D eigenvalue weighted by Gasteiger charge is 2.21. The van der Waals surface area contributed by atoms with Crippen LogP contribution in [0, 0.1) is 0 Å². The Morgan fingerprint density at radius 3 is 2.42 bits per heavy atom. The van der Waals surface area contributed by atoms with E-state index in [0.29, 0.717) is 18.0 Å². The number of rotatable bonds is 7. The van der Waals surface area contributed by atoms with Gasteiger partial charge in [-0.05, 0) is 19.1 Å². The molecule has 0 saturated carbocycles. The number of benzene rings is 1. The molecule has 1 rings (SSSR count). The van der Waals surface area contributed by atoms with Crippen molar-refractivity contribution in [2.24, 2.45) is 0 Å². The van der Waals surface area contributed by atoms with Gasteiger partial charge < -0.3 is 10.1 Å². The van der Waals surface area contributed by atoms with Crippen molar-refractivity contribution in [3.63, 3.8) is 0 Å². The number of hydrogen-bond acceptors (Lipinski definition) is 4. The first-order chi connectivity index (χ1) is 8.86. The number of nitrogens with one attached hydrogen (secondary N) is 2. The Labute approximate surface area is 115 Å². The van der Waals surface area contributed by atoms with Gasteiger partial charge in [0.15, 0.2) is 0 Å². The quantitative estimate of drug-likeness (QED) is 0.802. The molecule has 0 aliphatic heterocycles. The summed E-state index contributed by atoms with van der Waals surface area (Å²) in [4.78, 5) is 0. The molecule has 1 aromatic carbocycles. The van der Waals surface area contributed by atoms with E-state index in [2.05, 4.69) is 10.0 Å². The van der Waals surface area contributed by atoms with E-state index < -0.39 is 15.3 Å². The van der Waals surface area contributed by atoms with E-state index in [1.54, 1.807) is 31.2 Å². The van der Waals surface area contributed by atoms with Gasteiger partial charge in [0.1, 0.15) is 5.75 Å². The summed E-state index contributed by atoms with van der Waals surface area (Å²) in [5.41, 5.74) is 0.460. The van der Waals surface area contributed by atoms with Crippen LogP contribution < -0.4 is 14.8 Å². The molecule has 108 valence electrons. The van der Waals surface area contributed by atoms with Crippen LogP contribution in [-0.2, 0) is 10.0 Å². The Morgan fingerprint density at radius 2 is 1.84 bits per heavy atom. The lowest BCUT2D eigenvalue weighted by Crippen LogP contribution is -2.37. The van der Waals surface area contributed by atoms with E-state index in [-0.39, 0.29) is 6.04 Å². The van der Waals surface area contributed by atoms with Crippen LogP contribution in [0.25, 0.3) is 0 Å². The van der Waals surface area contributed by atoms with Crippen LogP contribution in [0.3, 0.4) is 0 Å². The summed E-state index contributed by atoms with van der Waals surface area (Å²) in [6.07, 6.45) is 0. The van der Waals surface area contributed by atoms with Crippen molar-refractivity contribution in [2.45, 2.75) is 32.1 Å². The number of ether oxygens (including phenoxy) is 1. The highest BCUT2D eigenvalue weighted by Crippen LogP contribution is 2.24. The maximum Gasteiger partial charge on any atom is 0.236 e. The number of para-hydroxylation sites is 2. The first kappa shape index (κ1) is 15.8. The molecule has 0 bridgehead atoms. The van der Waals surface area contributed by atoms with Gasteiger partial charge in [0.25, 0.3) is 0 Å². The van der Waals surface area contributed by atoms with Crippen LogP contribution in [-0.4, -0.2) is 33.4 Å². The summed E-state index contributed by atoms with van der Waals surface area (Å²) >= 11 is 0. The average molecular weight is 286 g/mol. The molecule has 6 heteroatoms. The van der Waals surface area contributed by atoms with Gasteiger partial charge in [-0.2, -0.15) is 0 Å². The van der Waals surface area contributed by atoms with E-state index in [1.807, 2.05) is 13.8 Å². The van der Waals surface area contributed by atoms with E-state index in [1.165, 1.54) is 7.11 Å². The van der Waals surface area contributed by atoms with Crippen LogP contribution in [0.1, 0.15) is 20.8 Å². The zero-order valence-corrected chi connectivity index (χ0v) is 12.6. The van der Waals surface area contributed by atoms with Gasteiger partial charge in [0.05, 0.1) is 18.0 Å². The van der Waals surface area contributed by atoms with Crippen molar-refractivity contribution >= 4 is 15.7 Å². The Balaban J connectivity index is 2.78. The Bertz CT molecular complexity index is 500. The molecule has 5 nitrogen and oxygen atoms in total. The molecule has 0 heterocycles. The van der Waals surface area contributed by atoms with Crippen molar-refractivity contribution in [3.05, 3.63) is 24.3 Å². The van der Waals surface area contributed by atoms with E-state index in [0.717, 1.165) is 0 Å². The van der Waals surface area contributed by atoms with Crippen molar-refractivity contribution < 1.29 is 13.2 Å². The molecule has 0 amide bonds. The predicted molar refractivity (Wildman–Crippen MR) is 78.1 cm³/mol. The third-order valence-corrected chi connectivity index (χ3v) is 4.43. The Hall–Kier alpha value is -1.27. The normalized spacial score (nSPS) is 13.3. The SMILES string of the molecule is COc1ccccc1NS(=O)(=O)C(C)CNC(C)C. The molecule has 1 unspecified atom stereocenters. The van der Waals surface area contributed by atoms with Gasteiger partial charge in [0.2, 0.25) is 10.0 Å². The van der Waals surface area contributed by atoms with Crippen LogP contribution in [0.15, 0.2) is 24.3 Å². The van der Waals surface area contributed by atoms with E-state index in [4.69, 9.17) is 4.74 Å². The molecule has 0 aromatic heterocycles. The van der Waals surface area contributed by atoms with Crippen molar-refractivity contribution in [2.75, 3.05) is 18.4 Å². The molecule has 0 saturated heterocycles. The fourth-order valence-corrected chi connectivity index (χ4v) is 2.49. The molecule has 19 heavy (non-hydrogen) atoms. The van der Waals surface area contributed by atoms with Crippen molar-refractivity contribution in [3.8, 4) is 5.75 Å². The minimum absolute atomic E-state index is 0.254. The molecular formula is C13H22N2O3S. The van der Waals surface area contributed by atoms with Crippen molar-refractivity contribution in [1.82, 2.24) is 5.32 Å². The highest BCUT2D eigenvalue weighted by molar-refractivity contribution is 7.93. The average Bonchev–Trinajstić information content (AvgIpc) is 2.36. The number of anilines is 1. The highest BCUT2D eigenvalue weighted by atomic mass is 32.2. The largest absolute Gasteiger partial charge is 0.495 e. The summed E-state index contributed by atoms with van der Waals surface area (Å²) in [7, 11) is -1.92. The molecule has 2 N–H and O–H groups in total. The second-order valence-electron chi connectivity index (χ2n) is 4.72. The Kier molecular flexibility index (Phi) is 5.62. The van der Waals surface area contributed by atoms with Gasteiger partial charge in [-0.15, -0.1) is 0 Å². The summed E-state index contributed by atoms with van der Waals surface area (Å²) in [5, 5.41) is 2.59. The molecule has 1 aromatic rings. The lowest BCUT2D eigenvalue weighted by atomic mass is 10.3. The second kappa shape index (κ2) is 6.77. The first-order valence-corrected chi connectivity index (χ1v) is 7.79. The van der Waals surface area contributed by atoms with Crippen LogP contribution in [0.4, 0.5) is 5.69 Å². The summed E-state index contributed by atoms with van der Waals surface area (Å²) < 4.78 is 32.0. The van der Waals surface area contributed by atoms with Gasteiger partial charge in [-0.3, -0.25) is 4.72 Å². The Morgan fingerprint density at radius 1 is 1.21 bits per heavy atom. The number of hydrogen-bond donors (Lipinski definition) is 2. The van der Waals surface area contributed by atoms with Gasteiger partial charge in [-0.25, -0.2) is 8.42 Å². The topological polar surface area (TPSA) is 67.4 Å². The van der Waals surface area contributed by atoms with Crippen LogP contribution in [0.5, 0.6) is 5.75 Å². The predicted octanol–water partition coefficient (Wildman–Crippen LogP) is 1.82. The third kappa shape index (κ3) is 4.72. The fraction of sp³-hybridized carbons (Fsp3) is 0.538. The molecule has 0 aliphatic rings. The van der Waals surface area contributed by atoms with Crippen LogP contribution in [0.2, 0.25) is 0 Å².